The Morgan fingerprint density at radius 2 is 1.92 bits per heavy atom. The summed E-state index contributed by atoms with van der Waals surface area (Å²) in [5, 5.41) is 2.89. The number of benzene rings is 2. The minimum absolute atomic E-state index is 0.0725. The van der Waals surface area contributed by atoms with Crippen LogP contribution in [0, 0.1) is 6.92 Å². The van der Waals surface area contributed by atoms with Crippen molar-refractivity contribution in [2.24, 2.45) is 0 Å². The molecule has 0 saturated carbocycles. The van der Waals surface area contributed by atoms with E-state index in [-0.39, 0.29) is 5.91 Å². The maximum atomic E-state index is 12.2. The lowest BCUT2D eigenvalue weighted by Gasteiger charge is -2.13. The number of amides is 1. The van der Waals surface area contributed by atoms with Crippen molar-refractivity contribution in [2.45, 2.75) is 33.8 Å². The molecule has 0 unspecified atom stereocenters. The van der Waals surface area contributed by atoms with E-state index in [0.717, 1.165) is 29.0 Å². The Hall–Kier alpha value is -2.49. The monoisotopic (exact) mass is 327 g/mol. The minimum Gasteiger partial charge on any atom is -0.493 e. The molecule has 0 bridgehead atoms. The number of nitrogens with one attached hydrogen (secondary N) is 1. The second-order valence-electron chi connectivity index (χ2n) is 5.62. The number of aryl methyl sites for hydroxylation is 1. The molecular weight excluding hydrogens is 302 g/mol. The van der Waals surface area contributed by atoms with Crippen molar-refractivity contribution in [1.29, 1.82) is 0 Å². The molecule has 0 aliphatic heterocycles. The van der Waals surface area contributed by atoms with Crippen LogP contribution in [0.3, 0.4) is 0 Å². The van der Waals surface area contributed by atoms with Gasteiger partial charge in [-0.15, -0.1) is 0 Å². The number of rotatable bonds is 8. The standard InChI is InChI=1S/C20H25NO3/c1-4-11-21-20(22)16-9-10-19(23-5-2)17(13-16)14-24-18-8-6-7-15(3)12-18/h6-10,12-13H,4-5,11,14H2,1-3H3,(H,21,22). The van der Waals surface area contributed by atoms with Crippen LogP contribution in [0.2, 0.25) is 0 Å². The third-order valence-electron chi connectivity index (χ3n) is 3.54. The van der Waals surface area contributed by atoms with Gasteiger partial charge in [-0.25, -0.2) is 0 Å². The van der Waals surface area contributed by atoms with E-state index in [1.807, 2.05) is 57.2 Å². The highest BCUT2D eigenvalue weighted by Crippen LogP contribution is 2.23. The van der Waals surface area contributed by atoms with Crippen LogP contribution < -0.4 is 14.8 Å². The first-order chi connectivity index (χ1) is 11.6. The van der Waals surface area contributed by atoms with E-state index in [0.29, 0.717) is 25.3 Å². The Labute approximate surface area is 143 Å². The Balaban J connectivity index is 2.16. The molecule has 0 saturated heterocycles. The van der Waals surface area contributed by atoms with Gasteiger partial charge in [-0.3, -0.25) is 4.79 Å². The maximum Gasteiger partial charge on any atom is 0.251 e. The third-order valence-corrected chi connectivity index (χ3v) is 3.54. The Kier molecular flexibility index (Phi) is 6.67. The summed E-state index contributed by atoms with van der Waals surface area (Å²) in [5.41, 5.74) is 2.63. The van der Waals surface area contributed by atoms with Crippen molar-refractivity contribution < 1.29 is 14.3 Å². The van der Waals surface area contributed by atoms with E-state index in [9.17, 15) is 4.79 Å². The van der Waals surface area contributed by atoms with Crippen molar-refractivity contribution in [3.63, 3.8) is 0 Å². The molecule has 4 heteroatoms. The summed E-state index contributed by atoms with van der Waals surface area (Å²) in [6.07, 6.45) is 0.909. The van der Waals surface area contributed by atoms with Crippen LogP contribution in [-0.2, 0) is 6.61 Å². The van der Waals surface area contributed by atoms with Gasteiger partial charge in [0.1, 0.15) is 18.1 Å². The molecule has 0 spiro atoms. The van der Waals surface area contributed by atoms with E-state index in [4.69, 9.17) is 9.47 Å². The van der Waals surface area contributed by atoms with Gasteiger partial charge in [-0.1, -0.05) is 19.1 Å². The van der Waals surface area contributed by atoms with Crippen molar-refractivity contribution in [3.05, 3.63) is 59.2 Å². The number of hydrogen-bond acceptors (Lipinski definition) is 3. The molecule has 0 heterocycles. The quantitative estimate of drug-likeness (QED) is 0.793. The highest BCUT2D eigenvalue weighted by molar-refractivity contribution is 5.94. The van der Waals surface area contributed by atoms with Crippen LogP contribution in [0.15, 0.2) is 42.5 Å². The molecule has 0 aromatic heterocycles. The zero-order chi connectivity index (χ0) is 17.4. The van der Waals surface area contributed by atoms with Gasteiger partial charge >= 0.3 is 0 Å². The van der Waals surface area contributed by atoms with Gasteiger partial charge in [0.15, 0.2) is 0 Å². The third kappa shape index (κ3) is 5.01. The van der Waals surface area contributed by atoms with Gasteiger partial charge in [0.05, 0.1) is 6.61 Å². The van der Waals surface area contributed by atoms with Gasteiger partial charge in [-0.2, -0.15) is 0 Å². The number of carbonyl (C=O) groups is 1. The smallest absolute Gasteiger partial charge is 0.251 e. The van der Waals surface area contributed by atoms with Crippen molar-refractivity contribution >= 4 is 5.91 Å². The molecule has 24 heavy (non-hydrogen) atoms. The number of hydrogen-bond donors (Lipinski definition) is 1. The largest absolute Gasteiger partial charge is 0.493 e. The molecular formula is C20H25NO3. The van der Waals surface area contributed by atoms with E-state index in [2.05, 4.69) is 5.32 Å². The Bertz CT molecular complexity index is 682. The average molecular weight is 327 g/mol. The van der Waals surface area contributed by atoms with Gasteiger partial charge < -0.3 is 14.8 Å². The fourth-order valence-corrected chi connectivity index (χ4v) is 2.34. The maximum absolute atomic E-state index is 12.2. The first-order valence-corrected chi connectivity index (χ1v) is 8.37. The van der Waals surface area contributed by atoms with Crippen LogP contribution in [0.1, 0.15) is 41.8 Å². The molecule has 0 fully saturated rings. The molecule has 1 amide bonds. The predicted octanol–water partition coefficient (Wildman–Crippen LogP) is 4.11. The highest BCUT2D eigenvalue weighted by Gasteiger charge is 2.11. The molecule has 0 aliphatic rings. The second-order valence-corrected chi connectivity index (χ2v) is 5.62. The molecule has 2 rings (SSSR count). The first-order valence-electron chi connectivity index (χ1n) is 8.37. The lowest BCUT2D eigenvalue weighted by Crippen LogP contribution is -2.24. The molecule has 1 N–H and O–H groups in total. The molecule has 0 radical (unpaired) electrons. The lowest BCUT2D eigenvalue weighted by atomic mass is 10.1. The summed E-state index contributed by atoms with van der Waals surface area (Å²) >= 11 is 0. The van der Waals surface area contributed by atoms with Crippen LogP contribution >= 0.6 is 0 Å². The fraction of sp³-hybridized carbons (Fsp3) is 0.350. The van der Waals surface area contributed by atoms with Gasteiger partial charge in [0.2, 0.25) is 0 Å². The topological polar surface area (TPSA) is 47.6 Å². The van der Waals surface area contributed by atoms with E-state index in [1.165, 1.54) is 0 Å². The van der Waals surface area contributed by atoms with Crippen molar-refractivity contribution in [3.8, 4) is 11.5 Å². The Morgan fingerprint density at radius 1 is 1.08 bits per heavy atom. The molecule has 4 nitrogen and oxygen atoms in total. The average Bonchev–Trinajstić information content (AvgIpc) is 2.59. The lowest BCUT2D eigenvalue weighted by molar-refractivity contribution is 0.0953. The molecule has 2 aromatic carbocycles. The normalized spacial score (nSPS) is 10.3. The highest BCUT2D eigenvalue weighted by atomic mass is 16.5. The predicted molar refractivity (Wildman–Crippen MR) is 95.7 cm³/mol. The van der Waals surface area contributed by atoms with Gasteiger partial charge in [0.25, 0.3) is 5.91 Å². The summed E-state index contributed by atoms with van der Waals surface area (Å²) in [7, 11) is 0. The summed E-state index contributed by atoms with van der Waals surface area (Å²) in [5.74, 6) is 1.48. The SMILES string of the molecule is CCCNC(=O)c1ccc(OCC)c(COc2cccc(C)c2)c1. The van der Waals surface area contributed by atoms with Crippen LogP contribution in [-0.4, -0.2) is 19.1 Å². The first kappa shape index (κ1) is 17.9. The second kappa shape index (κ2) is 8.96. The fourth-order valence-electron chi connectivity index (χ4n) is 2.34. The minimum atomic E-state index is -0.0725. The Morgan fingerprint density at radius 3 is 2.62 bits per heavy atom. The van der Waals surface area contributed by atoms with E-state index < -0.39 is 0 Å². The van der Waals surface area contributed by atoms with Gasteiger partial charge in [0, 0.05) is 17.7 Å². The van der Waals surface area contributed by atoms with Crippen molar-refractivity contribution in [2.75, 3.05) is 13.2 Å². The van der Waals surface area contributed by atoms with Crippen LogP contribution in [0.25, 0.3) is 0 Å². The van der Waals surface area contributed by atoms with E-state index >= 15 is 0 Å². The molecule has 2 aromatic rings. The molecule has 0 atom stereocenters. The van der Waals surface area contributed by atoms with Crippen LogP contribution in [0.5, 0.6) is 11.5 Å². The molecule has 128 valence electrons. The van der Waals surface area contributed by atoms with Crippen LogP contribution in [0.4, 0.5) is 0 Å². The summed E-state index contributed by atoms with van der Waals surface area (Å²) in [6.45, 7) is 7.58. The zero-order valence-electron chi connectivity index (χ0n) is 14.6. The summed E-state index contributed by atoms with van der Waals surface area (Å²) in [6, 6.07) is 13.3. The van der Waals surface area contributed by atoms with E-state index in [1.54, 1.807) is 6.07 Å². The molecule has 0 aliphatic carbocycles. The number of carbonyl (C=O) groups excluding carboxylic acids is 1. The van der Waals surface area contributed by atoms with Gasteiger partial charge in [-0.05, 0) is 56.2 Å². The summed E-state index contributed by atoms with van der Waals surface area (Å²) in [4.78, 5) is 12.2. The summed E-state index contributed by atoms with van der Waals surface area (Å²) < 4.78 is 11.5. The van der Waals surface area contributed by atoms with Crippen molar-refractivity contribution in [1.82, 2.24) is 5.32 Å². The zero-order valence-corrected chi connectivity index (χ0v) is 14.6. The number of ether oxygens (including phenoxy) is 2.